The second-order valence-electron chi connectivity index (χ2n) is 5.78. The Balaban J connectivity index is 1.62. The third kappa shape index (κ3) is 4.58. The van der Waals surface area contributed by atoms with Crippen LogP contribution >= 0.6 is 23.2 Å². The van der Waals surface area contributed by atoms with E-state index in [4.69, 9.17) is 27.9 Å². The van der Waals surface area contributed by atoms with Gasteiger partial charge in [-0.25, -0.2) is 14.4 Å². The molecule has 0 radical (unpaired) electrons. The summed E-state index contributed by atoms with van der Waals surface area (Å²) in [5, 5.41) is 0.683. The van der Waals surface area contributed by atoms with E-state index in [2.05, 4.69) is 9.97 Å². The van der Waals surface area contributed by atoms with Gasteiger partial charge in [-0.1, -0.05) is 29.3 Å². The van der Waals surface area contributed by atoms with Crippen LogP contribution in [0.3, 0.4) is 0 Å². The number of nitrogens with zero attached hydrogens (tertiary/aromatic N) is 3. The Hall–Kier alpha value is -1.92. The van der Waals surface area contributed by atoms with E-state index < -0.39 is 5.82 Å². The van der Waals surface area contributed by atoms with E-state index in [0.29, 0.717) is 18.1 Å². The Labute approximate surface area is 154 Å². The molecule has 2 aromatic rings. The van der Waals surface area contributed by atoms with Crippen molar-refractivity contribution in [2.24, 2.45) is 0 Å². The molecule has 1 aromatic carbocycles. The second kappa shape index (κ2) is 7.97. The van der Waals surface area contributed by atoms with Gasteiger partial charge in [-0.2, -0.15) is 0 Å². The molecule has 5 nitrogen and oxygen atoms in total. The number of carbonyl (C=O) groups is 1. The standard InChI is InChI=1S/C17H16Cl2FN3O2/c18-11-8-21-17(22-9-11)25-12-3-2-6-23(10-12)16(24)7-13-14(19)4-1-5-15(13)20/h1,4-5,8-9,12H,2-3,6-7,10H2. The molecule has 132 valence electrons. The maximum atomic E-state index is 13.9. The molecule has 0 saturated carbocycles. The molecule has 1 aliphatic rings. The van der Waals surface area contributed by atoms with Crippen LogP contribution in [0.2, 0.25) is 10.0 Å². The van der Waals surface area contributed by atoms with Crippen LogP contribution in [-0.2, 0) is 11.2 Å². The summed E-state index contributed by atoms with van der Waals surface area (Å²) in [4.78, 5) is 22.2. The van der Waals surface area contributed by atoms with Crippen molar-refractivity contribution in [2.75, 3.05) is 13.1 Å². The fourth-order valence-electron chi connectivity index (χ4n) is 2.74. The molecule has 3 rings (SSSR count). The molecule has 8 heteroatoms. The van der Waals surface area contributed by atoms with E-state index in [-0.39, 0.29) is 35.0 Å². The summed E-state index contributed by atoms with van der Waals surface area (Å²) < 4.78 is 19.6. The molecule has 1 aliphatic heterocycles. The highest BCUT2D eigenvalue weighted by atomic mass is 35.5. The van der Waals surface area contributed by atoms with Crippen molar-refractivity contribution in [1.82, 2.24) is 14.9 Å². The number of aromatic nitrogens is 2. The van der Waals surface area contributed by atoms with Crippen molar-refractivity contribution in [2.45, 2.75) is 25.4 Å². The van der Waals surface area contributed by atoms with E-state index in [9.17, 15) is 9.18 Å². The predicted octanol–water partition coefficient (Wildman–Crippen LogP) is 3.54. The second-order valence-corrected chi connectivity index (χ2v) is 6.63. The minimum absolute atomic E-state index is 0.0737. The largest absolute Gasteiger partial charge is 0.458 e. The summed E-state index contributed by atoms with van der Waals surface area (Å²) in [6.07, 6.45) is 4.20. The normalized spacial score (nSPS) is 17.4. The van der Waals surface area contributed by atoms with Gasteiger partial charge in [-0.15, -0.1) is 0 Å². The zero-order chi connectivity index (χ0) is 17.8. The molecule has 25 heavy (non-hydrogen) atoms. The number of hydrogen-bond acceptors (Lipinski definition) is 4. The first-order valence-electron chi connectivity index (χ1n) is 7.88. The smallest absolute Gasteiger partial charge is 0.316 e. The number of piperidine rings is 1. The number of hydrogen-bond donors (Lipinski definition) is 0. The Morgan fingerprint density at radius 1 is 1.32 bits per heavy atom. The molecule has 0 N–H and O–H groups in total. The van der Waals surface area contributed by atoms with Gasteiger partial charge in [0.2, 0.25) is 5.91 Å². The van der Waals surface area contributed by atoms with Crippen LogP contribution < -0.4 is 4.74 Å². The lowest BCUT2D eigenvalue weighted by atomic mass is 10.1. The zero-order valence-electron chi connectivity index (χ0n) is 13.3. The molecule has 1 unspecified atom stereocenters. The highest BCUT2D eigenvalue weighted by Crippen LogP contribution is 2.22. The van der Waals surface area contributed by atoms with Crippen molar-refractivity contribution < 1.29 is 13.9 Å². The van der Waals surface area contributed by atoms with Crippen LogP contribution in [0.15, 0.2) is 30.6 Å². The van der Waals surface area contributed by atoms with Gasteiger partial charge in [0.1, 0.15) is 11.9 Å². The van der Waals surface area contributed by atoms with Crippen LogP contribution in [-0.4, -0.2) is 40.0 Å². The molecule has 0 aliphatic carbocycles. The molecule has 1 saturated heterocycles. The van der Waals surface area contributed by atoms with E-state index in [0.717, 1.165) is 12.8 Å². The number of likely N-dealkylation sites (tertiary alicyclic amines) is 1. The summed E-state index contributed by atoms with van der Waals surface area (Å²) >= 11 is 11.7. The number of halogens is 3. The Kier molecular flexibility index (Phi) is 5.71. The van der Waals surface area contributed by atoms with Gasteiger partial charge < -0.3 is 9.64 Å². The third-order valence-corrected chi connectivity index (χ3v) is 4.54. The first kappa shape index (κ1) is 17.9. The van der Waals surface area contributed by atoms with Gasteiger partial charge in [-0.05, 0) is 25.0 Å². The van der Waals surface area contributed by atoms with Crippen molar-refractivity contribution >= 4 is 29.1 Å². The van der Waals surface area contributed by atoms with Crippen molar-refractivity contribution in [3.05, 3.63) is 52.0 Å². The number of rotatable bonds is 4. The summed E-state index contributed by atoms with van der Waals surface area (Å²) in [5.74, 6) is -0.655. The number of ether oxygens (including phenoxy) is 1. The van der Waals surface area contributed by atoms with Crippen molar-refractivity contribution in [3.63, 3.8) is 0 Å². The maximum Gasteiger partial charge on any atom is 0.316 e. The van der Waals surface area contributed by atoms with E-state index in [1.807, 2.05) is 0 Å². The van der Waals surface area contributed by atoms with Crippen molar-refractivity contribution in [3.8, 4) is 6.01 Å². The van der Waals surface area contributed by atoms with Gasteiger partial charge in [0, 0.05) is 17.1 Å². The van der Waals surface area contributed by atoms with Crippen LogP contribution in [0.4, 0.5) is 4.39 Å². The summed E-state index contributed by atoms with van der Waals surface area (Å²) in [6, 6.07) is 4.62. The van der Waals surface area contributed by atoms with E-state index in [1.165, 1.54) is 24.5 Å². The minimum Gasteiger partial charge on any atom is -0.458 e. The number of carbonyl (C=O) groups excluding carboxylic acids is 1. The number of benzene rings is 1. The lowest BCUT2D eigenvalue weighted by molar-refractivity contribution is -0.133. The lowest BCUT2D eigenvalue weighted by Gasteiger charge is -2.32. The fraction of sp³-hybridized carbons (Fsp3) is 0.353. The Bertz CT molecular complexity index is 738. The molecule has 1 atom stereocenters. The van der Waals surface area contributed by atoms with Crippen LogP contribution in [0, 0.1) is 5.82 Å². The van der Waals surface area contributed by atoms with Gasteiger partial charge in [-0.3, -0.25) is 4.79 Å². The third-order valence-electron chi connectivity index (χ3n) is 3.99. The van der Waals surface area contributed by atoms with E-state index in [1.54, 1.807) is 11.0 Å². The van der Waals surface area contributed by atoms with Gasteiger partial charge in [0.05, 0.1) is 30.4 Å². The fourth-order valence-corrected chi connectivity index (χ4v) is 3.06. The Morgan fingerprint density at radius 3 is 2.80 bits per heavy atom. The predicted molar refractivity (Wildman–Crippen MR) is 92.4 cm³/mol. The quantitative estimate of drug-likeness (QED) is 0.809. The molecule has 1 amide bonds. The molecule has 1 fully saturated rings. The Morgan fingerprint density at radius 2 is 2.08 bits per heavy atom. The first-order valence-corrected chi connectivity index (χ1v) is 8.63. The summed E-state index contributed by atoms with van der Waals surface area (Å²) in [6.45, 7) is 1.00. The SMILES string of the molecule is O=C(Cc1c(F)cccc1Cl)N1CCCC(Oc2ncc(Cl)cn2)C1. The molecule has 0 bridgehead atoms. The monoisotopic (exact) mass is 383 g/mol. The zero-order valence-corrected chi connectivity index (χ0v) is 14.8. The average molecular weight is 384 g/mol. The van der Waals surface area contributed by atoms with Gasteiger partial charge in [0.25, 0.3) is 0 Å². The highest BCUT2D eigenvalue weighted by molar-refractivity contribution is 6.31. The van der Waals surface area contributed by atoms with Crippen LogP contribution in [0.5, 0.6) is 6.01 Å². The maximum absolute atomic E-state index is 13.9. The average Bonchev–Trinajstić information content (AvgIpc) is 2.60. The van der Waals surface area contributed by atoms with Gasteiger partial charge in [0.15, 0.2) is 0 Å². The minimum atomic E-state index is -0.472. The molecular weight excluding hydrogens is 368 g/mol. The first-order chi connectivity index (χ1) is 12.0. The van der Waals surface area contributed by atoms with Crippen LogP contribution in [0.25, 0.3) is 0 Å². The van der Waals surface area contributed by atoms with Crippen molar-refractivity contribution in [1.29, 1.82) is 0 Å². The van der Waals surface area contributed by atoms with Crippen LogP contribution in [0.1, 0.15) is 18.4 Å². The summed E-state index contributed by atoms with van der Waals surface area (Å²) in [5.41, 5.74) is 0.221. The molecule has 2 heterocycles. The lowest BCUT2D eigenvalue weighted by Crippen LogP contribution is -2.45. The highest BCUT2D eigenvalue weighted by Gasteiger charge is 2.26. The van der Waals surface area contributed by atoms with E-state index >= 15 is 0 Å². The topological polar surface area (TPSA) is 55.3 Å². The summed E-state index contributed by atoms with van der Waals surface area (Å²) in [7, 11) is 0. The number of amides is 1. The molecular formula is C17H16Cl2FN3O2. The molecule has 1 aromatic heterocycles. The van der Waals surface area contributed by atoms with Gasteiger partial charge >= 0.3 is 6.01 Å². The molecule has 0 spiro atoms.